The molecule has 1 fully saturated rings. The van der Waals surface area contributed by atoms with Crippen LogP contribution in [0.15, 0.2) is 24.3 Å². The van der Waals surface area contributed by atoms with Gasteiger partial charge in [0.15, 0.2) is 6.61 Å². The van der Waals surface area contributed by atoms with E-state index in [2.05, 4.69) is 5.32 Å². The van der Waals surface area contributed by atoms with Gasteiger partial charge in [0.25, 0.3) is 11.8 Å². The molecular formula is C19H25FN2O4. The Balaban J connectivity index is 1.78. The van der Waals surface area contributed by atoms with Crippen LogP contribution in [0.3, 0.4) is 0 Å². The Morgan fingerprint density at radius 1 is 1.15 bits per heavy atom. The van der Waals surface area contributed by atoms with E-state index >= 15 is 0 Å². The molecule has 6 nitrogen and oxygen atoms in total. The van der Waals surface area contributed by atoms with Crippen molar-refractivity contribution in [3.05, 3.63) is 35.6 Å². The van der Waals surface area contributed by atoms with Crippen molar-refractivity contribution in [1.82, 2.24) is 10.2 Å². The largest absolute Gasteiger partial charge is 0.455 e. The van der Waals surface area contributed by atoms with E-state index < -0.39 is 11.8 Å². The van der Waals surface area contributed by atoms with Crippen LogP contribution in [-0.4, -0.2) is 47.9 Å². The number of carbonyl (C=O) groups is 3. The van der Waals surface area contributed by atoms with Crippen molar-refractivity contribution in [2.24, 2.45) is 5.92 Å². The SMILES string of the molecule is CC(C)(C)NC(=O)COC(=O)C1CCN(C(=O)c2ccc(F)cc2)CC1. The first-order valence-corrected chi connectivity index (χ1v) is 8.68. The number of carbonyl (C=O) groups excluding carboxylic acids is 3. The predicted molar refractivity (Wildman–Crippen MR) is 93.9 cm³/mol. The molecule has 1 aliphatic rings. The highest BCUT2D eigenvalue weighted by Crippen LogP contribution is 2.20. The van der Waals surface area contributed by atoms with Crippen LogP contribution in [0.2, 0.25) is 0 Å². The summed E-state index contributed by atoms with van der Waals surface area (Å²) in [5, 5.41) is 2.73. The van der Waals surface area contributed by atoms with Gasteiger partial charge in [0.2, 0.25) is 0 Å². The van der Waals surface area contributed by atoms with Crippen molar-refractivity contribution in [3.63, 3.8) is 0 Å². The molecule has 0 atom stereocenters. The zero-order chi connectivity index (χ0) is 19.3. The first kappa shape index (κ1) is 19.9. The van der Waals surface area contributed by atoms with Crippen molar-refractivity contribution < 1.29 is 23.5 Å². The van der Waals surface area contributed by atoms with E-state index in [0.717, 1.165) is 0 Å². The fourth-order valence-electron chi connectivity index (χ4n) is 2.80. The van der Waals surface area contributed by atoms with E-state index in [-0.39, 0.29) is 29.9 Å². The van der Waals surface area contributed by atoms with Crippen molar-refractivity contribution in [2.75, 3.05) is 19.7 Å². The Morgan fingerprint density at radius 3 is 2.27 bits per heavy atom. The summed E-state index contributed by atoms with van der Waals surface area (Å²) in [4.78, 5) is 37.8. The average molecular weight is 364 g/mol. The van der Waals surface area contributed by atoms with Crippen LogP contribution in [0, 0.1) is 11.7 Å². The van der Waals surface area contributed by atoms with Crippen LogP contribution >= 0.6 is 0 Å². The third kappa shape index (κ3) is 5.82. The van der Waals surface area contributed by atoms with Gasteiger partial charge in [-0.3, -0.25) is 14.4 Å². The molecular weight excluding hydrogens is 339 g/mol. The van der Waals surface area contributed by atoms with Gasteiger partial charge in [-0.15, -0.1) is 0 Å². The predicted octanol–water partition coefficient (Wildman–Crippen LogP) is 2.14. The minimum Gasteiger partial charge on any atom is -0.455 e. The zero-order valence-electron chi connectivity index (χ0n) is 15.4. The van der Waals surface area contributed by atoms with Crippen molar-refractivity contribution in [3.8, 4) is 0 Å². The summed E-state index contributed by atoms with van der Waals surface area (Å²) in [6.45, 7) is 6.08. The number of benzene rings is 1. The summed E-state index contributed by atoms with van der Waals surface area (Å²) in [6, 6.07) is 5.40. The number of esters is 1. The standard InChI is InChI=1S/C19H25FN2O4/c1-19(2,3)21-16(23)12-26-18(25)14-8-10-22(11-9-14)17(24)13-4-6-15(20)7-5-13/h4-7,14H,8-12H2,1-3H3,(H,21,23). The fourth-order valence-corrected chi connectivity index (χ4v) is 2.80. The Kier molecular flexibility index (Phi) is 6.34. The maximum atomic E-state index is 12.9. The lowest BCUT2D eigenvalue weighted by molar-refractivity contribution is -0.154. The van der Waals surface area contributed by atoms with Gasteiger partial charge in [-0.2, -0.15) is 0 Å². The normalized spacial score (nSPS) is 15.5. The zero-order valence-corrected chi connectivity index (χ0v) is 15.4. The highest BCUT2D eigenvalue weighted by molar-refractivity contribution is 5.94. The molecule has 0 bridgehead atoms. The van der Waals surface area contributed by atoms with Crippen LogP contribution in [0.25, 0.3) is 0 Å². The first-order valence-electron chi connectivity index (χ1n) is 8.68. The average Bonchev–Trinajstić information content (AvgIpc) is 2.58. The second-order valence-corrected chi connectivity index (χ2v) is 7.48. The molecule has 0 spiro atoms. The summed E-state index contributed by atoms with van der Waals surface area (Å²) < 4.78 is 18.0. The highest BCUT2D eigenvalue weighted by atomic mass is 19.1. The maximum absolute atomic E-state index is 12.9. The molecule has 26 heavy (non-hydrogen) atoms. The lowest BCUT2D eigenvalue weighted by atomic mass is 9.96. The van der Waals surface area contributed by atoms with Gasteiger partial charge in [0.05, 0.1) is 5.92 Å². The molecule has 0 saturated carbocycles. The number of rotatable bonds is 4. The summed E-state index contributed by atoms with van der Waals surface area (Å²) >= 11 is 0. The third-order valence-electron chi connectivity index (χ3n) is 4.07. The van der Waals surface area contributed by atoms with Crippen LogP contribution in [0.5, 0.6) is 0 Å². The third-order valence-corrected chi connectivity index (χ3v) is 4.07. The molecule has 1 aromatic carbocycles. The van der Waals surface area contributed by atoms with Crippen LogP contribution in [-0.2, 0) is 14.3 Å². The Morgan fingerprint density at radius 2 is 1.73 bits per heavy atom. The lowest BCUT2D eigenvalue weighted by Gasteiger charge is -2.31. The molecule has 1 aliphatic heterocycles. The highest BCUT2D eigenvalue weighted by Gasteiger charge is 2.29. The van der Waals surface area contributed by atoms with Gasteiger partial charge in [-0.05, 0) is 57.9 Å². The second kappa shape index (κ2) is 8.29. The lowest BCUT2D eigenvalue weighted by Crippen LogP contribution is -2.44. The van der Waals surface area contributed by atoms with Crippen LogP contribution in [0.4, 0.5) is 4.39 Å². The molecule has 1 N–H and O–H groups in total. The van der Waals surface area contributed by atoms with Gasteiger partial charge in [0, 0.05) is 24.2 Å². The number of hydrogen-bond acceptors (Lipinski definition) is 4. The van der Waals surface area contributed by atoms with Gasteiger partial charge in [-0.25, -0.2) is 4.39 Å². The fraction of sp³-hybridized carbons (Fsp3) is 0.526. The number of nitrogens with zero attached hydrogens (tertiary/aromatic N) is 1. The molecule has 2 amide bonds. The Bertz CT molecular complexity index is 659. The Labute approximate surface area is 152 Å². The molecule has 1 heterocycles. The summed E-state index contributed by atoms with van der Waals surface area (Å²) in [5.74, 6) is -1.65. The number of nitrogens with one attached hydrogen (secondary N) is 1. The molecule has 2 rings (SSSR count). The minimum absolute atomic E-state index is 0.179. The first-order chi connectivity index (χ1) is 12.2. The van der Waals surface area contributed by atoms with Crippen LogP contribution < -0.4 is 5.32 Å². The quantitative estimate of drug-likeness (QED) is 0.831. The van der Waals surface area contributed by atoms with Gasteiger partial charge < -0.3 is 15.0 Å². The van der Waals surface area contributed by atoms with E-state index in [1.807, 2.05) is 20.8 Å². The summed E-state index contributed by atoms with van der Waals surface area (Å²) in [7, 11) is 0. The van der Waals surface area contributed by atoms with Gasteiger partial charge in [-0.1, -0.05) is 0 Å². The number of piperidine rings is 1. The molecule has 142 valence electrons. The van der Waals surface area contributed by atoms with E-state index in [9.17, 15) is 18.8 Å². The van der Waals surface area contributed by atoms with E-state index in [0.29, 0.717) is 31.5 Å². The van der Waals surface area contributed by atoms with Gasteiger partial charge >= 0.3 is 5.97 Å². The summed E-state index contributed by atoms with van der Waals surface area (Å²) in [5.41, 5.74) is 0.0431. The molecule has 7 heteroatoms. The van der Waals surface area contributed by atoms with Gasteiger partial charge in [0.1, 0.15) is 5.82 Å². The maximum Gasteiger partial charge on any atom is 0.309 e. The number of ether oxygens (including phenoxy) is 1. The monoisotopic (exact) mass is 364 g/mol. The van der Waals surface area contributed by atoms with Crippen molar-refractivity contribution >= 4 is 17.8 Å². The smallest absolute Gasteiger partial charge is 0.309 e. The second-order valence-electron chi connectivity index (χ2n) is 7.48. The number of halogens is 1. The van der Waals surface area contributed by atoms with Crippen molar-refractivity contribution in [2.45, 2.75) is 39.2 Å². The van der Waals surface area contributed by atoms with Crippen molar-refractivity contribution in [1.29, 1.82) is 0 Å². The molecule has 0 radical (unpaired) electrons. The van der Waals surface area contributed by atoms with E-state index in [1.165, 1.54) is 24.3 Å². The number of amides is 2. The minimum atomic E-state index is -0.414. The Hall–Kier alpha value is -2.44. The topological polar surface area (TPSA) is 75.7 Å². The molecule has 0 aromatic heterocycles. The number of likely N-dealkylation sites (tertiary alicyclic amines) is 1. The summed E-state index contributed by atoms with van der Waals surface area (Å²) in [6.07, 6.45) is 0.958. The molecule has 0 aliphatic carbocycles. The van der Waals surface area contributed by atoms with E-state index in [4.69, 9.17) is 4.74 Å². The molecule has 1 aromatic rings. The van der Waals surface area contributed by atoms with Crippen LogP contribution in [0.1, 0.15) is 44.0 Å². The molecule has 1 saturated heterocycles. The van der Waals surface area contributed by atoms with E-state index in [1.54, 1.807) is 4.90 Å². The molecule has 0 unspecified atom stereocenters. The number of hydrogen-bond donors (Lipinski definition) is 1.